The van der Waals surface area contributed by atoms with Gasteiger partial charge in [-0.05, 0) is 43.4 Å². The normalized spacial score (nSPS) is 10.5. The van der Waals surface area contributed by atoms with Crippen LogP contribution in [0, 0.1) is 13.8 Å². The highest BCUT2D eigenvalue weighted by Crippen LogP contribution is 2.33. The molecule has 2 rings (SSSR count). The van der Waals surface area contributed by atoms with Gasteiger partial charge in [-0.15, -0.1) is 23.1 Å². The Morgan fingerprint density at radius 1 is 1.18 bits per heavy atom. The van der Waals surface area contributed by atoms with E-state index in [1.807, 2.05) is 37.4 Å². The van der Waals surface area contributed by atoms with Gasteiger partial charge in [-0.3, -0.25) is 9.59 Å². The number of aryl methyl sites for hydroxylation is 1. The number of benzene rings is 1. The van der Waals surface area contributed by atoms with Crippen LogP contribution >= 0.6 is 23.1 Å². The van der Waals surface area contributed by atoms with Crippen molar-refractivity contribution in [3.05, 3.63) is 45.8 Å². The fourth-order valence-corrected chi connectivity index (χ4v) is 4.03. The van der Waals surface area contributed by atoms with E-state index >= 15 is 0 Å². The van der Waals surface area contributed by atoms with Crippen molar-refractivity contribution in [3.8, 4) is 0 Å². The third-order valence-corrected chi connectivity index (χ3v) is 6.08. The smallest absolute Gasteiger partial charge is 0.341 e. The number of esters is 1. The topological polar surface area (TPSA) is 75.7 Å². The summed E-state index contributed by atoms with van der Waals surface area (Å²) in [5.74, 6) is -1.18. The van der Waals surface area contributed by atoms with E-state index in [4.69, 9.17) is 4.74 Å². The van der Waals surface area contributed by atoms with Crippen molar-refractivity contribution in [2.45, 2.75) is 32.2 Å². The Morgan fingerprint density at radius 3 is 2.39 bits per heavy atom. The fourth-order valence-electron chi connectivity index (χ4n) is 2.52. The number of rotatable bonds is 7. The number of ether oxygens (including phenoxy) is 1. The lowest BCUT2D eigenvalue weighted by atomic mass is 10.1. The maximum atomic E-state index is 12.5. The minimum absolute atomic E-state index is 0.265. The van der Waals surface area contributed by atoms with Gasteiger partial charge in [0.1, 0.15) is 5.00 Å². The molecule has 6 nitrogen and oxygen atoms in total. The second kappa shape index (κ2) is 9.75. The Hall–Kier alpha value is -2.32. The van der Waals surface area contributed by atoms with E-state index in [0.717, 1.165) is 20.9 Å². The summed E-state index contributed by atoms with van der Waals surface area (Å²) in [6, 6.07) is 7.95. The molecule has 0 radical (unpaired) electrons. The van der Waals surface area contributed by atoms with E-state index in [1.165, 1.54) is 23.2 Å². The second-order valence-corrected chi connectivity index (χ2v) is 8.45. The van der Waals surface area contributed by atoms with Gasteiger partial charge in [0, 0.05) is 30.3 Å². The number of amides is 2. The van der Waals surface area contributed by atoms with Crippen LogP contribution in [0.4, 0.5) is 5.00 Å². The molecule has 2 aromatic rings. The first-order valence-corrected chi connectivity index (χ1v) is 10.7. The first-order valence-electron chi connectivity index (χ1n) is 8.64. The van der Waals surface area contributed by atoms with Crippen LogP contribution in [0.2, 0.25) is 0 Å². The van der Waals surface area contributed by atoms with Crippen LogP contribution in [0.25, 0.3) is 0 Å². The van der Waals surface area contributed by atoms with Crippen molar-refractivity contribution in [1.82, 2.24) is 4.90 Å². The molecule has 0 bridgehead atoms. The number of hydrogen-bond acceptors (Lipinski definition) is 6. The van der Waals surface area contributed by atoms with Gasteiger partial charge in [0.15, 0.2) is 6.61 Å². The lowest BCUT2D eigenvalue weighted by molar-refractivity contribution is -0.133. The molecule has 0 fully saturated rings. The van der Waals surface area contributed by atoms with E-state index in [1.54, 1.807) is 25.7 Å². The molecule has 0 unspecified atom stereocenters. The number of anilines is 1. The highest BCUT2D eigenvalue weighted by atomic mass is 32.2. The monoisotopic (exact) mass is 420 g/mol. The van der Waals surface area contributed by atoms with E-state index in [9.17, 15) is 14.4 Å². The number of carbonyl (C=O) groups excluding carboxylic acids is 3. The van der Waals surface area contributed by atoms with Crippen LogP contribution in [-0.2, 0) is 20.9 Å². The predicted octanol–water partition coefficient (Wildman–Crippen LogP) is 3.86. The highest BCUT2D eigenvalue weighted by molar-refractivity contribution is 7.98. The van der Waals surface area contributed by atoms with Gasteiger partial charge in [-0.1, -0.05) is 12.1 Å². The van der Waals surface area contributed by atoms with Gasteiger partial charge < -0.3 is 15.0 Å². The molecule has 0 aliphatic rings. The standard InChI is InChI=1S/C20H24N2O4S2/c1-12-13(2)28-19(21-14(3)23)18(12)20(25)26-11-17(24)22(4)10-15-6-8-16(27-5)9-7-15/h6-9H,10-11H2,1-5H3,(H,21,23). The first kappa shape index (κ1) is 22.0. The number of carbonyl (C=O) groups is 3. The molecule has 1 aromatic heterocycles. The number of nitrogens with one attached hydrogen (secondary N) is 1. The van der Waals surface area contributed by atoms with Crippen molar-refractivity contribution < 1.29 is 19.1 Å². The molecule has 2 amide bonds. The van der Waals surface area contributed by atoms with Crippen molar-refractivity contribution in [2.24, 2.45) is 0 Å². The Morgan fingerprint density at radius 2 is 1.82 bits per heavy atom. The molecule has 0 saturated carbocycles. The number of nitrogens with zero attached hydrogens (tertiary/aromatic N) is 1. The zero-order chi connectivity index (χ0) is 20.8. The largest absolute Gasteiger partial charge is 0.452 e. The number of hydrogen-bond donors (Lipinski definition) is 1. The molecule has 0 saturated heterocycles. The van der Waals surface area contributed by atoms with Crippen molar-refractivity contribution in [2.75, 3.05) is 25.2 Å². The van der Waals surface area contributed by atoms with E-state index in [2.05, 4.69) is 5.32 Å². The second-order valence-electron chi connectivity index (χ2n) is 6.34. The summed E-state index contributed by atoms with van der Waals surface area (Å²) in [5, 5.41) is 3.10. The molecule has 1 N–H and O–H groups in total. The quantitative estimate of drug-likeness (QED) is 0.544. The van der Waals surface area contributed by atoms with Gasteiger partial charge in [-0.2, -0.15) is 0 Å². The Bertz CT molecular complexity index is 875. The molecule has 0 aliphatic heterocycles. The number of thioether (sulfide) groups is 1. The number of thiophene rings is 1. The van der Waals surface area contributed by atoms with E-state index in [0.29, 0.717) is 17.1 Å². The van der Waals surface area contributed by atoms with Crippen LogP contribution in [0.1, 0.15) is 33.3 Å². The lowest BCUT2D eigenvalue weighted by Crippen LogP contribution is -2.31. The Balaban J connectivity index is 1.98. The summed E-state index contributed by atoms with van der Waals surface area (Å²) in [5.41, 5.74) is 2.05. The molecule has 150 valence electrons. The van der Waals surface area contributed by atoms with Gasteiger partial charge in [0.25, 0.3) is 5.91 Å². The van der Waals surface area contributed by atoms with Gasteiger partial charge in [0.2, 0.25) is 5.91 Å². The Kier molecular flexibility index (Phi) is 7.65. The molecular formula is C20H24N2O4S2. The average Bonchev–Trinajstić information content (AvgIpc) is 2.92. The summed E-state index contributed by atoms with van der Waals surface area (Å²) in [7, 11) is 1.67. The van der Waals surface area contributed by atoms with E-state index in [-0.39, 0.29) is 18.4 Å². The molecule has 1 aromatic carbocycles. The molecule has 0 aliphatic carbocycles. The van der Waals surface area contributed by atoms with Crippen molar-refractivity contribution >= 4 is 45.9 Å². The maximum absolute atomic E-state index is 12.5. The third kappa shape index (κ3) is 5.59. The van der Waals surface area contributed by atoms with Gasteiger partial charge >= 0.3 is 5.97 Å². The number of likely N-dealkylation sites (N-methyl/N-ethyl adjacent to an activating group) is 1. The molecule has 1 heterocycles. The van der Waals surface area contributed by atoms with Crippen molar-refractivity contribution in [1.29, 1.82) is 0 Å². The third-order valence-electron chi connectivity index (χ3n) is 4.21. The zero-order valence-electron chi connectivity index (χ0n) is 16.6. The van der Waals surface area contributed by atoms with Crippen LogP contribution in [-0.4, -0.2) is 42.6 Å². The summed E-state index contributed by atoms with van der Waals surface area (Å²) < 4.78 is 5.22. The zero-order valence-corrected chi connectivity index (χ0v) is 18.3. The van der Waals surface area contributed by atoms with Crippen LogP contribution in [0.5, 0.6) is 0 Å². The summed E-state index contributed by atoms with van der Waals surface area (Å²) in [4.78, 5) is 39.8. The summed E-state index contributed by atoms with van der Waals surface area (Å²) in [6.07, 6.45) is 2.01. The molecule has 8 heteroatoms. The van der Waals surface area contributed by atoms with Crippen LogP contribution in [0.15, 0.2) is 29.2 Å². The minimum Gasteiger partial charge on any atom is -0.452 e. The van der Waals surface area contributed by atoms with Crippen LogP contribution < -0.4 is 5.32 Å². The average molecular weight is 421 g/mol. The Labute approximate surface area is 173 Å². The minimum atomic E-state index is -0.614. The predicted molar refractivity (Wildman–Crippen MR) is 113 cm³/mol. The summed E-state index contributed by atoms with van der Waals surface area (Å²) in [6.45, 7) is 5.11. The van der Waals surface area contributed by atoms with Gasteiger partial charge in [-0.25, -0.2) is 4.79 Å². The fraction of sp³-hybridized carbons (Fsp3) is 0.350. The first-order chi connectivity index (χ1) is 13.2. The van der Waals surface area contributed by atoms with Gasteiger partial charge in [0.05, 0.1) is 5.56 Å². The van der Waals surface area contributed by atoms with Crippen LogP contribution in [0.3, 0.4) is 0 Å². The molecular weight excluding hydrogens is 396 g/mol. The molecule has 0 spiro atoms. The summed E-state index contributed by atoms with van der Waals surface area (Å²) >= 11 is 2.97. The highest BCUT2D eigenvalue weighted by Gasteiger charge is 2.23. The maximum Gasteiger partial charge on any atom is 0.341 e. The lowest BCUT2D eigenvalue weighted by Gasteiger charge is -2.17. The molecule has 0 atom stereocenters. The SMILES string of the molecule is CSc1ccc(CN(C)C(=O)COC(=O)c2c(NC(C)=O)sc(C)c2C)cc1. The van der Waals surface area contributed by atoms with Crippen molar-refractivity contribution in [3.63, 3.8) is 0 Å². The van der Waals surface area contributed by atoms with E-state index < -0.39 is 5.97 Å². The molecule has 28 heavy (non-hydrogen) atoms.